The van der Waals surface area contributed by atoms with Gasteiger partial charge >= 0.3 is 12.1 Å². The number of benzene rings is 2. The van der Waals surface area contributed by atoms with E-state index in [1.807, 2.05) is 36.4 Å². The minimum Gasteiger partial charge on any atom is -0.481 e. The first kappa shape index (κ1) is 24.0. The van der Waals surface area contributed by atoms with Gasteiger partial charge in [0.05, 0.1) is 12.6 Å². The number of nitrogens with zero attached hydrogens (tertiary/aromatic N) is 2. The second-order valence-corrected chi connectivity index (χ2v) is 8.56. The molecule has 3 N–H and O–H groups in total. The smallest absolute Gasteiger partial charge is 0.408 e. The number of nitrogens with one attached hydrogen (secondary N) is 2. The van der Waals surface area contributed by atoms with Crippen LogP contribution in [0.5, 0.6) is 0 Å². The molecule has 2 amide bonds. The topological polar surface area (TPSA) is 123 Å². The van der Waals surface area contributed by atoms with Crippen molar-refractivity contribution in [3.05, 3.63) is 77.6 Å². The van der Waals surface area contributed by atoms with Gasteiger partial charge in [-0.15, -0.1) is 0 Å². The Hall–Kier alpha value is -4.14. The fourth-order valence-corrected chi connectivity index (χ4v) is 4.44. The molecule has 9 heteroatoms. The van der Waals surface area contributed by atoms with Crippen LogP contribution in [0.1, 0.15) is 48.4 Å². The molecule has 3 aromatic rings. The second kappa shape index (κ2) is 10.4. The minimum absolute atomic E-state index is 0.109. The van der Waals surface area contributed by atoms with Crippen molar-refractivity contribution in [2.24, 2.45) is 7.05 Å². The number of ether oxygens (including phenoxy) is 1. The second-order valence-electron chi connectivity index (χ2n) is 8.56. The largest absolute Gasteiger partial charge is 0.481 e. The van der Waals surface area contributed by atoms with E-state index in [1.54, 1.807) is 20.2 Å². The highest BCUT2D eigenvalue weighted by atomic mass is 16.5. The van der Waals surface area contributed by atoms with Crippen LogP contribution in [-0.2, 0) is 21.4 Å². The average Bonchev–Trinajstić information content (AvgIpc) is 3.41. The van der Waals surface area contributed by atoms with Crippen LogP contribution in [0.4, 0.5) is 4.79 Å². The van der Waals surface area contributed by atoms with Gasteiger partial charge in [0.1, 0.15) is 12.6 Å². The summed E-state index contributed by atoms with van der Waals surface area (Å²) in [4.78, 5) is 36.9. The molecule has 1 aromatic heterocycles. The van der Waals surface area contributed by atoms with E-state index in [0.29, 0.717) is 12.0 Å². The van der Waals surface area contributed by atoms with Gasteiger partial charge < -0.3 is 20.5 Å². The molecular formula is C26H28N4O5. The maximum Gasteiger partial charge on any atom is 0.408 e. The molecule has 35 heavy (non-hydrogen) atoms. The summed E-state index contributed by atoms with van der Waals surface area (Å²) >= 11 is 0. The molecule has 0 spiro atoms. The maximum atomic E-state index is 13.0. The quantitative estimate of drug-likeness (QED) is 0.435. The number of aromatic nitrogens is 2. The molecule has 4 rings (SSSR count). The molecule has 0 saturated carbocycles. The maximum absolute atomic E-state index is 13.0. The number of hydrogen-bond donors (Lipinski definition) is 3. The molecule has 2 aromatic carbocycles. The summed E-state index contributed by atoms with van der Waals surface area (Å²) in [6.07, 6.45) is 2.57. The fraction of sp³-hybridized carbons (Fsp3) is 0.308. The van der Waals surface area contributed by atoms with Gasteiger partial charge in [-0.3, -0.25) is 14.3 Å². The number of alkyl carbamates (subject to hydrolysis) is 1. The predicted molar refractivity (Wildman–Crippen MR) is 129 cm³/mol. The van der Waals surface area contributed by atoms with E-state index >= 15 is 0 Å². The van der Waals surface area contributed by atoms with E-state index < -0.39 is 30.1 Å². The number of aliphatic carboxylic acids is 1. The zero-order valence-electron chi connectivity index (χ0n) is 19.6. The van der Waals surface area contributed by atoms with Gasteiger partial charge in [-0.25, -0.2) is 4.79 Å². The summed E-state index contributed by atoms with van der Waals surface area (Å²) in [7, 11) is 1.70. The van der Waals surface area contributed by atoms with Gasteiger partial charge in [0.15, 0.2) is 0 Å². The Morgan fingerprint density at radius 3 is 2.23 bits per heavy atom. The summed E-state index contributed by atoms with van der Waals surface area (Å²) < 4.78 is 7.11. The van der Waals surface area contributed by atoms with E-state index in [-0.39, 0.29) is 18.9 Å². The molecule has 1 unspecified atom stereocenters. The monoisotopic (exact) mass is 476 g/mol. The van der Waals surface area contributed by atoms with Crippen LogP contribution in [0.3, 0.4) is 0 Å². The Balaban J connectivity index is 1.47. The molecule has 0 fully saturated rings. The van der Waals surface area contributed by atoms with Crippen molar-refractivity contribution in [2.75, 3.05) is 6.61 Å². The lowest BCUT2D eigenvalue weighted by Crippen LogP contribution is -2.45. The molecule has 0 bridgehead atoms. The van der Waals surface area contributed by atoms with Crippen LogP contribution in [-0.4, -0.2) is 45.5 Å². The van der Waals surface area contributed by atoms with Crippen molar-refractivity contribution in [2.45, 2.75) is 37.8 Å². The lowest BCUT2D eigenvalue weighted by Gasteiger charge is -2.22. The summed E-state index contributed by atoms with van der Waals surface area (Å²) in [5, 5.41) is 18.5. The van der Waals surface area contributed by atoms with Gasteiger partial charge in [-0.1, -0.05) is 55.5 Å². The Kier molecular flexibility index (Phi) is 7.14. The Bertz CT molecular complexity index is 1190. The summed E-state index contributed by atoms with van der Waals surface area (Å²) in [6.45, 7) is 1.89. The number of rotatable bonds is 9. The highest BCUT2D eigenvalue weighted by Gasteiger charge is 2.31. The first-order valence-corrected chi connectivity index (χ1v) is 11.5. The fourth-order valence-electron chi connectivity index (χ4n) is 4.44. The van der Waals surface area contributed by atoms with Gasteiger partial charge in [0, 0.05) is 30.8 Å². The number of carboxylic acids is 1. The average molecular weight is 477 g/mol. The van der Waals surface area contributed by atoms with Crippen LogP contribution >= 0.6 is 0 Å². The van der Waals surface area contributed by atoms with Gasteiger partial charge in [-0.2, -0.15) is 5.10 Å². The van der Waals surface area contributed by atoms with Crippen molar-refractivity contribution in [1.29, 1.82) is 0 Å². The zero-order chi connectivity index (χ0) is 24.9. The predicted octanol–water partition coefficient (Wildman–Crippen LogP) is 3.37. The van der Waals surface area contributed by atoms with Crippen LogP contribution in [0.25, 0.3) is 11.1 Å². The van der Waals surface area contributed by atoms with E-state index in [9.17, 15) is 14.4 Å². The van der Waals surface area contributed by atoms with Crippen molar-refractivity contribution < 1.29 is 24.2 Å². The van der Waals surface area contributed by atoms with Crippen LogP contribution in [0, 0.1) is 0 Å². The van der Waals surface area contributed by atoms with Crippen molar-refractivity contribution in [3.8, 4) is 11.1 Å². The van der Waals surface area contributed by atoms with Crippen molar-refractivity contribution in [1.82, 2.24) is 20.4 Å². The molecular weight excluding hydrogens is 448 g/mol. The van der Waals surface area contributed by atoms with E-state index in [0.717, 1.165) is 22.3 Å². The molecule has 0 radical (unpaired) electrons. The van der Waals surface area contributed by atoms with Crippen LogP contribution in [0.2, 0.25) is 0 Å². The third kappa shape index (κ3) is 5.34. The summed E-state index contributed by atoms with van der Waals surface area (Å²) in [5.74, 6) is -1.65. The van der Waals surface area contributed by atoms with Gasteiger partial charge in [0.25, 0.3) is 0 Å². The third-order valence-corrected chi connectivity index (χ3v) is 6.19. The van der Waals surface area contributed by atoms with Gasteiger partial charge in [-0.05, 0) is 28.7 Å². The van der Waals surface area contributed by atoms with E-state index in [4.69, 9.17) is 9.84 Å². The lowest BCUT2D eigenvalue weighted by atomic mass is 9.98. The molecule has 0 saturated heterocycles. The first-order valence-electron chi connectivity index (χ1n) is 11.5. The number of amides is 2. The number of fused-ring (bicyclic) bond motifs is 3. The molecule has 2 atom stereocenters. The molecule has 1 aliphatic rings. The molecule has 0 aliphatic heterocycles. The Morgan fingerprint density at radius 2 is 1.69 bits per heavy atom. The van der Waals surface area contributed by atoms with Crippen molar-refractivity contribution >= 4 is 18.0 Å². The van der Waals surface area contributed by atoms with E-state index in [1.165, 1.54) is 10.9 Å². The molecule has 182 valence electrons. The highest BCUT2D eigenvalue weighted by molar-refractivity contribution is 5.87. The molecule has 1 heterocycles. The summed E-state index contributed by atoms with van der Waals surface area (Å²) in [5.41, 5.74) is 4.87. The standard InChI is InChI=1S/C26H28N4O5/c1-3-17(12-23(31)32)28-25(33)24(16-13-27-30(2)14-16)29-26(34)35-15-22-20-10-6-4-8-18(20)19-9-5-7-11-21(19)22/h4-11,13-14,17,22,24H,3,12,15H2,1-2H3,(H,28,33)(H,29,34)(H,31,32)/t17-,24?/m1/s1. The number of carboxylic acid groups (broad SMARTS) is 1. The normalized spacial score (nSPS) is 13.9. The lowest BCUT2D eigenvalue weighted by molar-refractivity contribution is -0.137. The first-order chi connectivity index (χ1) is 16.9. The number of aryl methyl sites for hydroxylation is 1. The van der Waals surface area contributed by atoms with Crippen LogP contribution in [0.15, 0.2) is 60.9 Å². The Morgan fingerprint density at radius 1 is 1.06 bits per heavy atom. The number of carbonyl (C=O) groups is 3. The van der Waals surface area contributed by atoms with Crippen molar-refractivity contribution in [3.63, 3.8) is 0 Å². The number of carbonyl (C=O) groups excluding carboxylic acids is 2. The SMILES string of the molecule is CC[C@H](CC(=O)O)NC(=O)C(NC(=O)OCC1c2ccccc2-c2ccccc21)c1cnn(C)c1. The van der Waals surface area contributed by atoms with Gasteiger partial charge in [0.2, 0.25) is 5.91 Å². The minimum atomic E-state index is -1.08. The van der Waals surface area contributed by atoms with Crippen LogP contribution < -0.4 is 10.6 Å². The molecule has 1 aliphatic carbocycles. The molecule has 9 nitrogen and oxygen atoms in total. The Labute approximate surface area is 203 Å². The zero-order valence-corrected chi connectivity index (χ0v) is 19.6. The van der Waals surface area contributed by atoms with E-state index in [2.05, 4.69) is 27.9 Å². The number of hydrogen-bond acceptors (Lipinski definition) is 5. The third-order valence-electron chi connectivity index (χ3n) is 6.19. The highest BCUT2D eigenvalue weighted by Crippen LogP contribution is 2.44. The summed E-state index contributed by atoms with van der Waals surface area (Å²) in [6, 6.07) is 14.4.